The van der Waals surface area contributed by atoms with Gasteiger partial charge in [-0.15, -0.1) is 11.3 Å². The van der Waals surface area contributed by atoms with Crippen LogP contribution in [-0.4, -0.2) is 37.6 Å². The first-order chi connectivity index (χ1) is 7.66. The molecule has 0 spiro atoms. The van der Waals surface area contributed by atoms with Gasteiger partial charge in [0.1, 0.15) is 0 Å². The monoisotopic (exact) mass is 238 g/mol. The lowest BCUT2D eigenvalue weighted by Crippen LogP contribution is -2.47. The third kappa shape index (κ3) is 3.58. The molecule has 0 amide bonds. The van der Waals surface area contributed by atoms with Crippen LogP contribution in [0.2, 0.25) is 0 Å². The van der Waals surface area contributed by atoms with E-state index in [1.807, 2.05) is 11.3 Å². The summed E-state index contributed by atoms with van der Waals surface area (Å²) in [6, 6.07) is 4.41. The van der Waals surface area contributed by atoms with Crippen LogP contribution in [0.3, 0.4) is 0 Å². The van der Waals surface area contributed by atoms with Gasteiger partial charge in [-0.3, -0.25) is 0 Å². The second-order valence-electron chi connectivity index (χ2n) is 5.45. The smallest absolute Gasteiger partial charge is 0.0108 e. The molecule has 2 heterocycles. The molecule has 2 rings (SSSR count). The lowest BCUT2D eigenvalue weighted by molar-refractivity contribution is 0.161. The van der Waals surface area contributed by atoms with E-state index in [-0.39, 0.29) is 0 Å². The van der Waals surface area contributed by atoms with Gasteiger partial charge >= 0.3 is 0 Å². The summed E-state index contributed by atoms with van der Waals surface area (Å²) in [5, 5.41) is 5.58. The Balaban J connectivity index is 1.86. The molecule has 2 nitrogen and oxygen atoms in total. The molecular formula is C13H22N2S. The maximum absolute atomic E-state index is 3.41. The van der Waals surface area contributed by atoms with Gasteiger partial charge in [0.2, 0.25) is 0 Å². The molecule has 0 saturated carbocycles. The molecule has 90 valence electrons. The molecular weight excluding hydrogens is 216 g/mol. The number of nitrogens with one attached hydrogen (secondary N) is 1. The third-order valence-electron chi connectivity index (χ3n) is 3.09. The van der Waals surface area contributed by atoms with Crippen molar-refractivity contribution in [2.24, 2.45) is 5.41 Å². The molecule has 1 aliphatic rings. The van der Waals surface area contributed by atoms with Gasteiger partial charge < -0.3 is 10.2 Å². The average molecular weight is 238 g/mol. The molecule has 0 atom stereocenters. The Kier molecular flexibility index (Phi) is 4.00. The van der Waals surface area contributed by atoms with Crippen molar-refractivity contribution < 1.29 is 0 Å². The Bertz CT molecular complexity index is 300. The highest BCUT2D eigenvalue weighted by atomic mass is 32.1. The summed E-state index contributed by atoms with van der Waals surface area (Å²) in [6.45, 7) is 10.7. The number of hydrogen-bond donors (Lipinski definition) is 1. The second-order valence-corrected chi connectivity index (χ2v) is 6.48. The summed E-state index contributed by atoms with van der Waals surface area (Å²) < 4.78 is 0. The van der Waals surface area contributed by atoms with Gasteiger partial charge in [-0.05, 0) is 23.3 Å². The lowest BCUT2D eigenvalue weighted by Gasteiger charge is -2.35. The summed E-state index contributed by atoms with van der Waals surface area (Å²) in [5.74, 6) is 0. The van der Waals surface area contributed by atoms with Gasteiger partial charge in [0.25, 0.3) is 0 Å². The van der Waals surface area contributed by atoms with Crippen molar-refractivity contribution in [1.29, 1.82) is 0 Å². The van der Waals surface area contributed by atoms with Crippen LogP contribution in [0.15, 0.2) is 17.5 Å². The van der Waals surface area contributed by atoms with Crippen LogP contribution in [0, 0.1) is 5.41 Å². The number of nitrogens with zero attached hydrogens (tertiary/aromatic N) is 1. The number of thiophene rings is 1. The quantitative estimate of drug-likeness (QED) is 0.865. The van der Waals surface area contributed by atoms with Gasteiger partial charge in [0.05, 0.1) is 0 Å². The SMILES string of the molecule is CC(C)(Cc1cccs1)CN1CCNCC1. The molecule has 0 radical (unpaired) electrons. The fourth-order valence-electron chi connectivity index (χ4n) is 2.42. The van der Waals surface area contributed by atoms with Crippen LogP contribution < -0.4 is 5.32 Å². The van der Waals surface area contributed by atoms with Gasteiger partial charge in [0, 0.05) is 37.6 Å². The maximum Gasteiger partial charge on any atom is 0.0108 e. The van der Waals surface area contributed by atoms with Crippen molar-refractivity contribution in [3.8, 4) is 0 Å². The van der Waals surface area contributed by atoms with Crippen molar-refractivity contribution >= 4 is 11.3 Å². The van der Waals surface area contributed by atoms with E-state index in [1.54, 1.807) is 0 Å². The molecule has 3 heteroatoms. The van der Waals surface area contributed by atoms with Crippen LogP contribution in [0.25, 0.3) is 0 Å². The normalized spacial score (nSPS) is 18.9. The minimum Gasteiger partial charge on any atom is -0.314 e. The van der Waals surface area contributed by atoms with Crippen molar-refractivity contribution in [3.05, 3.63) is 22.4 Å². The molecule has 1 aliphatic heterocycles. The maximum atomic E-state index is 3.41. The molecule has 0 aliphatic carbocycles. The van der Waals surface area contributed by atoms with Gasteiger partial charge in [-0.1, -0.05) is 19.9 Å². The molecule has 0 aromatic carbocycles. The first-order valence-corrected chi connectivity index (χ1v) is 6.99. The standard InChI is InChI=1S/C13H22N2S/c1-13(2,10-12-4-3-9-16-12)11-15-7-5-14-6-8-15/h3-4,9,14H,5-8,10-11H2,1-2H3. The summed E-state index contributed by atoms with van der Waals surface area (Å²) in [7, 11) is 0. The van der Waals surface area contributed by atoms with E-state index >= 15 is 0 Å². The fourth-order valence-corrected chi connectivity index (χ4v) is 3.38. The van der Waals surface area contributed by atoms with Crippen molar-refractivity contribution in [3.63, 3.8) is 0 Å². The Morgan fingerprint density at radius 3 is 2.75 bits per heavy atom. The van der Waals surface area contributed by atoms with Crippen LogP contribution in [-0.2, 0) is 6.42 Å². The van der Waals surface area contributed by atoms with Crippen LogP contribution in [0.1, 0.15) is 18.7 Å². The van der Waals surface area contributed by atoms with E-state index in [4.69, 9.17) is 0 Å². The second kappa shape index (κ2) is 5.30. The number of hydrogen-bond acceptors (Lipinski definition) is 3. The lowest BCUT2D eigenvalue weighted by atomic mass is 9.88. The summed E-state index contributed by atoms with van der Waals surface area (Å²) in [6.07, 6.45) is 1.20. The molecule has 1 saturated heterocycles. The predicted molar refractivity (Wildman–Crippen MR) is 71.1 cm³/mol. The van der Waals surface area contributed by atoms with Crippen molar-refractivity contribution in [1.82, 2.24) is 10.2 Å². The first kappa shape index (κ1) is 12.1. The summed E-state index contributed by atoms with van der Waals surface area (Å²) in [5.41, 5.74) is 0.391. The molecule has 0 bridgehead atoms. The van der Waals surface area contributed by atoms with Crippen molar-refractivity contribution in [2.45, 2.75) is 20.3 Å². The zero-order valence-corrected chi connectivity index (χ0v) is 11.1. The van der Waals surface area contributed by atoms with E-state index in [9.17, 15) is 0 Å². The zero-order valence-electron chi connectivity index (χ0n) is 10.3. The first-order valence-electron chi connectivity index (χ1n) is 6.11. The van der Waals surface area contributed by atoms with E-state index in [0.717, 1.165) is 13.1 Å². The highest BCUT2D eigenvalue weighted by molar-refractivity contribution is 7.09. The Morgan fingerprint density at radius 2 is 2.12 bits per heavy atom. The Hall–Kier alpha value is -0.380. The number of piperazine rings is 1. The van der Waals surface area contributed by atoms with Gasteiger partial charge in [-0.2, -0.15) is 0 Å². The molecule has 1 N–H and O–H groups in total. The minimum absolute atomic E-state index is 0.391. The predicted octanol–water partition coefficient (Wildman–Crippen LogP) is 2.22. The molecule has 16 heavy (non-hydrogen) atoms. The van der Waals surface area contributed by atoms with Crippen LogP contribution in [0.5, 0.6) is 0 Å². The molecule has 1 fully saturated rings. The minimum atomic E-state index is 0.391. The third-order valence-corrected chi connectivity index (χ3v) is 3.97. The summed E-state index contributed by atoms with van der Waals surface area (Å²) in [4.78, 5) is 4.10. The zero-order chi connectivity index (χ0) is 11.4. The number of rotatable bonds is 4. The van der Waals surface area contributed by atoms with E-state index in [0.29, 0.717) is 5.41 Å². The Labute approximate surface area is 103 Å². The van der Waals surface area contributed by atoms with Crippen LogP contribution >= 0.6 is 11.3 Å². The van der Waals surface area contributed by atoms with E-state index < -0.39 is 0 Å². The largest absolute Gasteiger partial charge is 0.314 e. The Morgan fingerprint density at radius 1 is 1.38 bits per heavy atom. The topological polar surface area (TPSA) is 15.3 Å². The average Bonchev–Trinajstić information content (AvgIpc) is 2.70. The summed E-state index contributed by atoms with van der Waals surface area (Å²) >= 11 is 1.88. The van der Waals surface area contributed by atoms with Gasteiger partial charge in [-0.25, -0.2) is 0 Å². The van der Waals surface area contributed by atoms with Gasteiger partial charge in [0.15, 0.2) is 0 Å². The fraction of sp³-hybridized carbons (Fsp3) is 0.692. The molecule has 1 aromatic heterocycles. The molecule has 0 unspecified atom stereocenters. The van der Waals surface area contributed by atoms with E-state index in [1.165, 1.54) is 30.9 Å². The highest BCUT2D eigenvalue weighted by Gasteiger charge is 2.23. The van der Waals surface area contributed by atoms with Crippen molar-refractivity contribution in [2.75, 3.05) is 32.7 Å². The molecule has 1 aromatic rings. The van der Waals surface area contributed by atoms with Crippen LogP contribution in [0.4, 0.5) is 0 Å². The highest BCUT2D eigenvalue weighted by Crippen LogP contribution is 2.25. The van der Waals surface area contributed by atoms with E-state index in [2.05, 4.69) is 41.6 Å².